The standard InChI is InChI=1S/C16H22ClNO2/c1-12(2)20-16-6-5-13(11-14(16)17)15(19)7-10-18-8-3-4-9-18/h5-6,11-12H,3-4,7-10H2,1-2H3. The molecule has 1 fully saturated rings. The summed E-state index contributed by atoms with van der Waals surface area (Å²) in [5.41, 5.74) is 0.672. The Morgan fingerprint density at radius 2 is 2.05 bits per heavy atom. The molecule has 0 saturated carbocycles. The van der Waals surface area contributed by atoms with Gasteiger partial charge >= 0.3 is 0 Å². The molecule has 0 N–H and O–H groups in total. The third-order valence-corrected chi connectivity index (χ3v) is 3.77. The molecule has 2 rings (SSSR count). The highest BCUT2D eigenvalue weighted by Crippen LogP contribution is 2.27. The second-order valence-corrected chi connectivity index (χ2v) is 5.94. The van der Waals surface area contributed by atoms with Crippen molar-refractivity contribution in [1.29, 1.82) is 0 Å². The summed E-state index contributed by atoms with van der Waals surface area (Å²) in [4.78, 5) is 14.5. The highest BCUT2D eigenvalue weighted by Gasteiger charge is 2.15. The van der Waals surface area contributed by atoms with Gasteiger partial charge in [-0.1, -0.05) is 11.6 Å². The Morgan fingerprint density at radius 1 is 1.35 bits per heavy atom. The Kier molecular flexibility index (Phi) is 5.44. The molecular weight excluding hydrogens is 274 g/mol. The molecule has 0 atom stereocenters. The fraction of sp³-hybridized carbons (Fsp3) is 0.562. The fourth-order valence-electron chi connectivity index (χ4n) is 2.43. The van der Waals surface area contributed by atoms with Gasteiger partial charge in [-0.15, -0.1) is 0 Å². The molecule has 4 heteroatoms. The van der Waals surface area contributed by atoms with Gasteiger partial charge in [0, 0.05) is 18.5 Å². The predicted molar refractivity (Wildman–Crippen MR) is 81.8 cm³/mol. The van der Waals surface area contributed by atoms with E-state index in [9.17, 15) is 4.79 Å². The Labute approximate surface area is 125 Å². The number of likely N-dealkylation sites (tertiary alicyclic amines) is 1. The largest absolute Gasteiger partial charge is 0.489 e. The van der Waals surface area contributed by atoms with Crippen molar-refractivity contribution in [3.63, 3.8) is 0 Å². The molecule has 1 aliphatic rings. The van der Waals surface area contributed by atoms with Crippen LogP contribution in [-0.4, -0.2) is 36.4 Å². The van der Waals surface area contributed by atoms with E-state index in [4.69, 9.17) is 16.3 Å². The molecule has 110 valence electrons. The fourth-order valence-corrected chi connectivity index (χ4v) is 2.66. The maximum atomic E-state index is 12.2. The van der Waals surface area contributed by atoms with Crippen LogP contribution in [0.3, 0.4) is 0 Å². The quantitative estimate of drug-likeness (QED) is 0.748. The molecule has 1 saturated heterocycles. The first-order valence-corrected chi connectivity index (χ1v) is 7.66. The number of carbonyl (C=O) groups excluding carboxylic acids is 1. The Hall–Kier alpha value is -1.06. The van der Waals surface area contributed by atoms with Gasteiger partial charge in [0.1, 0.15) is 5.75 Å². The minimum absolute atomic E-state index is 0.0734. The summed E-state index contributed by atoms with van der Waals surface area (Å²) < 4.78 is 5.57. The maximum absolute atomic E-state index is 12.2. The molecule has 1 heterocycles. The second kappa shape index (κ2) is 7.09. The highest BCUT2D eigenvalue weighted by molar-refractivity contribution is 6.32. The van der Waals surface area contributed by atoms with Crippen LogP contribution in [0.2, 0.25) is 5.02 Å². The number of rotatable bonds is 6. The van der Waals surface area contributed by atoms with E-state index in [0.717, 1.165) is 19.6 Å². The first kappa shape index (κ1) is 15.3. The summed E-state index contributed by atoms with van der Waals surface area (Å²) in [6, 6.07) is 5.30. The van der Waals surface area contributed by atoms with Crippen molar-refractivity contribution in [2.24, 2.45) is 0 Å². The number of hydrogen-bond acceptors (Lipinski definition) is 3. The molecule has 1 aromatic carbocycles. The van der Waals surface area contributed by atoms with Crippen molar-refractivity contribution < 1.29 is 9.53 Å². The molecule has 1 aliphatic heterocycles. The number of hydrogen-bond donors (Lipinski definition) is 0. The number of halogens is 1. The van der Waals surface area contributed by atoms with Crippen molar-refractivity contribution in [3.8, 4) is 5.75 Å². The molecule has 0 aromatic heterocycles. The van der Waals surface area contributed by atoms with Gasteiger partial charge in [-0.25, -0.2) is 0 Å². The molecule has 0 bridgehead atoms. The summed E-state index contributed by atoms with van der Waals surface area (Å²) in [6.45, 7) is 6.99. The number of Topliss-reactive ketones (excluding diaryl/α,β-unsaturated/α-hetero) is 1. The number of ketones is 1. The van der Waals surface area contributed by atoms with E-state index in [0.29, 0.717) is 22.8 Å². The minimum atomic E-state index is 0.0734. The number of ether oxygens (including phenoxy) is 1. The van der Waals surface area contributed by atoms with Crippen LogP contribution >= 0.6 is 11.6 Å². The van der Waals surface area contributed by atoms with Crippen molar-refractivity contribution in [1.82, 2.24) is 4.90 Å². The van der Waals surface area contributed by atoms with Crippen molar-refractivity contribution in [2.45, 2.75) is 39.2 Å². The van der Waals surface area contributed by atoms with Crippen LogP contribution < -0.4 is 4.74 Å². The Bertz CT molecular complexity index is 468. The van der Waals surface area contributed by atoms with E-state index < -0.39 is 0 Å². The molecule has 0 aliphatic carbocycles. The van der Waals surface area contributed by atoms with Gasteiger partial charge in [0.25, 0.3) is 0 Å². The zero-order chi connectivity index (χ0) is 14.5. The number of carbonyl (C=O) groups is 1. The molecule has 0 spiro atoms. The third kappa shape index (κ3) is 4.22. The smallest absolute Gasteiger partial charge is 0.164 e. The number of benzene rings is 1. The van der Waals surface area contributed by atoms with Crippen LogP contribution in [0.25, 0.3) is 0 Å². The highest BCUT2D eigenvalue weighted by atomic mass is 35.5. The van der Waals surface area contributed by atoms with Gasteiger partial charge < -0.3 is 9.64 Å². The molecule has 1 aromatic rings. The van der Waals surface area contributed by atoms with Crippen LogP contribution in [-0.2, 0) is 0 Å². The van der Waals surface area contributed by atoms with Crippen LogP contribution in [0.4, 0.5) is 0 Å². The first-order valence-electron chi connectivity index (χ1n) is 7.28. The van der Waals surface area contributed by atoms with Gasteiger partial charge in [-0.05, 0) is 58.0 Å². The average molecular weight is 296 g/mol. The monoisotopic (exact) mass is 295 g/mol. The van der Waals surface area contributed by atoms with Gasteiger partial charge in [0.15, 0.2) is 5.78 Å². The van der Waals surface area contributed by atoms with E-state index >= 15 is 0 Å². The molecule has 20 heavy (non-hydrogen) atoms. The minimum Gasteiger partial charge on any atom is -0.489 e. The maximum Gasteiger partial charge on any atom is 0.164 e. The lowest BCUT2D eigenvalue weighted by molar-refractivity contribution is 0.0969. The SMILES string of the molecule is CC(C)Oc1ccc(C(=O)CCN2CCCC2)cc1Cl. The van der Waals surface area contributed by atoms with Gasteiger partial charge in [0.05, 0.1) is 11.1 Å². The normalized spacial score (nSPS) is 15.8. The van der Waals surface area contributed by atoms with Crippen molar-refractivity contribution in [3.05, 3.63) is 28.8 Å². The van der Waals surface area contributed by atoms with E-state index in [1.807, 2.05) is 13.8 Å². The lowest BCUT2D eigenvalue weighted by atomic mass is 10.1. The topological polar surface area (TPSA) is 29.5 Å². The summed E-state index contributed by atoms with van der Waals surface area (Å²) in [7, 11) is 0. The Morgan fingerprint density at radius 3 is 2.65 bits per heavy atom. The first-order chi connectivity index (χ1) is 9.56. The summed E-state index contributed by atoms with van der Waals surface area (Å²) in [5, 5.41) is 0.505. The van der Waals surface area contributed by atoms with E-state index in [1.54, 1.807) is 18.2 Å². The lowest BCUT2D eigenvalue weighted by Gasteiger charge is -2.14. The molecule has 3 nitrogen and oxygen atoms in total. The lowest BCUT2D eigenvalue weighted by Crippen LogP contribution is -2.22. The van der Waals surface area contributed by atoms with Crippen LogP contribution in [0.15, 0.2) is 18.2 Å². The van der Waals surface area contributed by atoms with Crippen LogP contribution in [0.5, 0.6) is 5.75 Å². The summed E-state index contributed by atoms with van der Waals surface area (Å²) in [6.07, 6.45) is 3.13. The van der Waals surface area contributed by atoms with E-state index in [2.05, 4.69) is 4.90 Å². The van der Waals surface area contributed by atoms with Gasteiger partial charge in [0.2, 0.25) is 0 Å². The number of nitrogens with zero attached hydrogens (tertiary/aromatic N) is 1. The molecule has 0 radical (unpaired) electrons. The van der Waals surface area contributed by atoms with E-state index in [1.165, 1.54) is 12.8 Å². The third-order valence-electron chi connectivity index (χ3n) is 3.47. The molecule has 0 amide bonds. The van der Waals surface area contributed by atoms with Gasteiger partial charge in [-0.3, -0.25) is 4.79 Å². The van der Waals surface area contributed by atoms with Crippen molar-refractivity contribution in [2.75, 3.05) is 19.6 Å². The Balaban J connectivity index is 1.94. The van der Waals surface area contributed by atoms with Crippen LogP contribution in [0.1, 0.15) is 43.5 Å². The van der Waals surface area contributed by atoms with Crippen LogP contribution in [0, 0.1) is 0 Å². The summed E-state index contributed by atoms with van der Waals surface area (Å²) >= 11 is 6.16. The zero-order valence-electron chi connectivity index (χ0n) is 12.2. The van der Waals surface area contributed by atoms with Crippen molar-refractivity contribution >= 4 is 17.4 Å². The molecular formula is C16H22ClNO2. The average Bonchev–Trinajstić information content (AvgIpc) is 2.91. The van der Waals surface area contributed by atoms with E-state index in [-0.39, 0.29) is 11.9 Å². The predicted octanol–water partition coefficient (Wildman–Crippen LogP) is 3.80. The molecule has 0 unspecified atom stereocenters. The zero-order valence-corrected chi connectivity index (χ0v) is 12.9. The second-order valence-electron chi connectivity index (χ2n) is 5.53. The van der Waals surface area contributed by atoms with Gasteiger partial charge in [-0.2, -0.15) is 0 Å². The summed E-state index contributed by atoms with van der Waals surface area (Å²) in [5.74, 6) is 0.785.